The number of hydrogen-bond donors (Lipinski definition) is 2. The molecular formula is C11H14Br2N2O. The Kier molecular flexibility index (Phi) is 6.01. The molecule has 0 spiro atoms. The van der Waals surface area contributed by atoms with Crippen LogP contribution in [0.15, 0.2) is 27.1 Å². The van der Waals surface area contributed by atoms with Gasteiger partial charge in [-0.1, -0.05) is 6.07 Å². The van der Waals surface area contributed by atoms with Crippen LogP contribution in [0.25, 0.3) is 0 Å². The van der Waals surface area contributed by atoms with Gasteiger partial charge in [0.05, 0.1) is 0 Å². The summed E-state index contributed by atoms with van der Waals surface area (Å²) in [7, 11) is 0. The summed E-state index contributed by atoms with van der Waals surface area (Å²) in [5, 5.41) is 5.99. The fourth-order valence-electron chi connectivity index (χ4n) is 1.21. The van der Waals surface area contributed by atoms with Gasteiger partial charge in [0.25, 0.3) is 0 Å². The van der Waals surface area contributed by atoms with Crippen molar-refractivity contribution in [3.05, 3.63) is 32.7 Å². The lowest BCUT2D eigenvalue weighted by atomic mass is 10.2. The highest BCUT2D eigenvalue weighted by atomic mass is 79.9. The number of amides is 1. The Morgan fingerprint density at radius 2 is 2.00 bits per heavy atom. The van der Waals surface area contributed by atoms with E-state index < -0.39 is 0 Å². The quantitative estimate of drug-likeness (QED) is 0.801. The van der Waals surface area contributed by atoms with Crippen LogP contribution in [0.3, 0.4) is 0 Å². The van der Waals surface area contributed by atoms with Crippen LogP contribution in [0.5, 0.6) is 0 Å². The van der Waals surface area contributed by atoms with Crippen molar-refractivity contribution in [2.45, 2.75) is 13.5 Å². The van der Waals surface area contributed by atoms with Crippen LogP contribution in [0, 0.1) is 0 Å². The molecule has 5 heteroatoms. The Labute approximate surface area is 112 Å². The summed E-state index contributed by atoms with van der Waals surface area (Å²) in [6.45, 7) is 3.75. The second-order valence-corrected chi connectivity index (χ2v) is 5.12. The smallest absolute Gasteiger partial charge is 0.216 e. The van der Waals surface area contributed by atoms with Gasteiger partial charge >= 0.3 is 0 Å². The molecule has 1 aromatic rings. The van der Waals surface area contributed by atoms with E-state index in [4.69, 9.17) is 0 Å². The molecule has 0 bridgehead atoms. The van der Waals surface area contributed by atoms with Gasteiger partial charge in [0.1, 0.15) is 0 Å². The average Bonchev–Trinajstić information content (AvgIpc) is 2.22. The van der Waals surface area contributed by atoms with Crippen LogP contribution in [0.2, 0.25) is 0 Å². The predicted molar refractivity (Wildman–Crippen MR) is 72.2 cm³/mol. The van der Waals surface area contributed by atoms with E-state index in [0.29, 0.717) is 6.54 Å². The summed E-state index contributed by atoms with van der Waals surface area (Å²) in [5.74, 6) is 0.00758. The van der Waals surface area contributed by atoms with Crippen molar-refractivity contribution in [3.8, 4) is 0 Å². The van der Waals surface area contributed by atoms with Crippen molar-refractivity contribution in [1.82, 2.24) is 10.6 Å². The van der Waals surface area contributed by atoms with Crippen molar-refractivity contribution in [2.24, 2.45) is 0 Å². The summed E-state index contributed by atoms with van der Waals surface area (Å²) < 4.78 is 2.10. The number of nitrogens with one attached hydrogen (secondary N) is 2. The van der Waals surface area contributed by atoms with Crippen LogP contribution < -0.4 is 10.6 Å². The van der Waals surface area contributed by atoms with E-state index in [1.807, 2.05) is 6.07 Å². The number of carbonyl (C=O) groups excluding carboxylic acids is 1. The number of benzene rings is 1. The molecule has 1 rings (SSSR count). The molecule has 0 unspecified atom stereocenters. The van der Waals surface area contributed by atoms with E-state index in [9.17, 15) is 4.79 Å². The summed E-state index contributed by atoms with van der Waals surface area (Å²) >= 11 is 6.88. The molecule has 1 amide bonds. The Morgan fingerprint density at radius 3 is 2.62 bits per heavy atom. The van der Waals surface area contributed by atoms with Crippen LogP contribution in [0.4, 0.5) is 0 Å². The zero-order chi connectivity index (χ0) is 12.0. The molecule has 0 fully saturated rings. The molecule has 0 atom stereocenters. The van der Waals surface area contributed by atoms with E-state index >= 15 is 0 Å². The van der Waals surface area contributed by atoms with Gasteiger partial charge in [-0.05, 0) is 49.6 Å². The average molecular weight is 350 g/mol. The maximum Gasteiger partial charge on any atom is 0.216 e. The molecule has 0 aliphatic heterocycles. The fraction of sp³-hybridized carbons (Fsp3) is 0.364. The molecule has 88 valence electrons. The summed E-state index contributed by atoms with van der Waals surface area (Å²) in [6, 6.07) is 6.13. The number of hydrogen-bond acceptors (Lipinski definition) is 2. The molecule has 3 nitrogen and oxygen atoms in total. The molecule has 0 aliphatic rings. The van der Waals surface area contributed by atoms with Gasteiger partial charge in [-0.2, -0.15) is 0 Å². The minimum absolute atomic E-state index is 0.00758. The highest BCUT2D eigenvalue weighted by Crippen LogP contribution is 2.23. The van der Waals surface area contributed by atoms with Crippen molar-refractivity contribution in [3.63, 3.8) is 0 Å². The molecule has 0 saturated carbocycles. The third kappa shape index (κ3) is 5.09. The van der Waals surface area contributed by atoms with Gasteiger partial charge in [0.2, 0.25) is 5.91 Å². The van der Waals surface area contributed by atoms with Crippen molar-refractivity contribution < 1.29 is 4.79 Å². The van der Waals surface area contributed by atoms with Gasteiger partial charge in [-0.25, -0.2) is 0 Å². The molecule has 0 heterocycles. The van der Waals surface area contributed by atoms with Gasteiger partial charge < -0.3 is 10.6 Å². The third-order valence-electron chi connectivity index (χ3n) is 1.99. The first-order valence-electron chi connectivity index (χ1n) is 4.98. The number of rotatable bonds is 5. The molecule has 0 radical (unpaired) electrons. The van der Waals surface area contributed by atoms with Gasteiger partial charge in [-0.15, -0.1) is 0 Å². The Bertz CT molecular complexity index is 369. The first kappa shape index (κ1) is 13.7. The summed E-state index contributed by atoms with van der Waals surface area (Å²) in [6.07, 6.45) is 0. The van der Waals surface area contributed by atoms with Gasteiger partial charge in [-0.3, -0.25) is 4.79 Å². The lowest BCUT2D eigenvalue weighted by Crippen LogP contribution is -2.29. The highest BCUT2D eigenvalue weighted by molar-refractivity contribution is 9.13. The third-order valence-corrected chi connectivity index (χ3v) is 3.87. The maximum atomic E-state index is 10.6. The fourth-order valence-corrected chi connectivity index (χ4v) is 1.88. The topological polar surface area (TPSA) is 41.1 Å². The van der Waals surface area contributed by atoms with Crippen LogP contribution in [-0.2, 0) is 11.3 Å². The van der Waals surface area contributed by atoms with E-state index in [2.05, 4.69) is 54.6 Å². The molecular weight excluding hydrogens is 336 g/mol. The van der Waals surface area contributed by atoms with Gasteiger partial charge in [0.15, 0.2) is 0 Å². The largest absolute Gasteiger partial charge is 0.355 e. The summed E-state index contributed by atoms with van der Waals surface area (Å²) in [5.41, 5.74) is 1.21. The number of halogens is 2. The Balaban J connectivity index is 2.27. The monoisotopic (exact) mass is 348 g/mol. The standard InChI is InChI=1S/C11H14Br2N2O/c1-8(16)15-5-4-14-7-9-2-3-10(12)11(13)6-9/h2-3,6,14H,4-5,7H2,1H3,(H,15,16). The zero-order valence-corrected chi connectivity index (χ0v) is 12.2. The Hall–Kier alpha value is -0.390. The van der Waals surface area contributed by atoms with Crippen molar-refractivity contribution in [2.75, 3.05) is 13.1 Å². The lowest BCUT2D eigenvalue weighted by molar-refractivity contribution is -0.118. The lowest BCUT2D eigenvalue weighted by Gasteiger charge is -2.06. The second kappa shape index (κ2) is 7.04. The minimum Gasteiger partial charge on any atom is -0.355 e. The van der Waals surface area contributed by atoms with E-state index in [1.165, 1.54) is 12.5 Å². The SMILES string of the molecule is CC(=O)NCCNCc1ccc(Br)c(Br)c1. The molecule has 0 aliphatic carbocycles. The van der Waals surface area contributed by atoms with E-state index in [0.717, 1.165) is 22.0 Å². The molecule has 16 heavy (non-hydrogen) atoms. The normalized spacial score (nSPS) is 10.2. The maximum absolute atomic E-state index is 10.6. The Morgan fingerprint density at radius 1 is 1.25 bits per heavy atom. The highest BCUT2D eigenvalue weighted by Gasteiger charge is 1.98. The zero-order valence-electron chi connectivity index (χ0n) is 9.02. The van der Waals surface area contributed by atoms with Gasteiger partial charge in [0, 0.05) is 35.5 Å². The molecule has 0 saturated heterocycles. The first-order valence-corrected chi connectivity index (χ1v) is 6.57. The van der Waals surface area contributed by atoms with Crippen molar-refractivity contribution >= 4 is 37.8 Å². The predicted octanol–water partition coefficient (Wildman–Crippen LogP) is 2.44. The molecule has 2 N–H and O–H groups in total. The van der Waals surface area contributed by atoms with E-state index in [1.54, 1.807) is 0 Å². The molecule has 0 aromatic heterocycles. The number of carbonyl (C=O) groups is 1. The second-order valence-electron chi connectivity index (χ2n) is 3.41. The summed E-state index contributed by atoms with van der Waals surface area (Å²) in [4.78, 5) is 10.6. The van der Waals surface area contributed by atoms with Crippen LogP contribution >= 0.6 is 31.9 Å². The molecule has 1 aromatic carbocycles. The van der Waals surface area contributed by atoms with Crippen molar-refractivity contribution in [1.29, 1.82) is 0 Å². The first-order chi connectivity index (χ1) is 7.59. The minimum atomic E-state index is 0.00758. The van der Waals surface area contributed by atoms with Crippen LogP contribution in [-0.4, -0.2) is 19.0 Å². The van der Waals surface area contributed by atoms with E-state index in [-0.39, 0.29) is 5.91 Å². The van der Waals surface area contributed by atoms with Crippen LogP contribution in [0.1, 0.15) is 12.5 Å².